The van der Waals surface area contributed by atoms with Crippen molar-refractivity contribution in [3.05, 3.63) is 40.3 Å². The fourth-order valence-corrected chi connectivity index (χ4v) is 4.00. The molecule has 0 radical (unpaired) electrons. The van der Waals surface area contributed by atoms with Gasteiger partial charge >= 0.3 is 0 Å². The highest BCUT2D eigenvalue weighted by Gasteiger charge is 2.18. The van der Waals surface area contributed by atoms with Gasteiger partial charge in [-0.2, -0.15) is 0 Å². The van der Waals surface area contributed by atoms with E-state index in [2.05, 4.69) is 25.8 Å². The molecule has 2 aromatic rings. The highest BCUT2D eigenvalue weighted by Crippen LogP contribution is 2.26. The average Bonchev–Trinajstić information content (AvgIpc) is 2.77. The van der Waals surface area contributed by atoms with Gasteiger partial charge in [0.05, 0.1) is 27.1 Å². The number of hydrogen-bond donors (Lipinski definition) is 1. The van der Waals surface area contributed by atoms with Crippen LogP contribution in [0, 0.1) is 0 Å². The number of nitrogens with zero attached hydrogens (tertiary/aromatic N) is 1. The molecule has 19 heavy (non-hydrogen) atoms. The van der Waals surface area contributed by atoms with E-state index in [0.717, 1.165) is 10.7 Å². The molecule has 1 heterocycles. The molecule has 1 atom stereocenters. The summed E-state index contributed by atoms with van der Waals surface area (Å²) in [7, 11) is -1.14. The normalized spacial score (nSPS) is 13.4. The average molecular weight is 294 g/mol. The maximum Gasteiger partial charge on any atom is 0.106 e. The molecular formula is C14H18N2OS2. The summed E-state index contributed by atoms with van der Waals surface area (Å²) < 4.78 is 12.3. The largest absolute Gasteiger partial charge is 0.398 e. The van der Waals surface area contributed by atoms with Crippen LogP contribution in [0.4, 0.5) is 5.69 Å². The lowest BCUT2D eigenvalue weighted by molar-refractivity contribution is 0.571. The standard InChI is InChI=1S/C14H18N2OS2/c1-14(2,3)12-8-18-13(16-12)9-19(17)11-7-5-4-6-10(11)15/h4-8H,9,15H2,1-3H3. The van der Waals surface area contributed by atoms with Crippen LogP contribution in [0.3, 0.4) is 0 Å². The van der Waals surface area contributed by atoms with Crippen molar-refractivity contribution in [1.82, 2.24) is 4.98 Å². The van der Waals surface area contributed by atoms with Gasteiger partial charge in [-0.15, -0.1) is 11.3 Å². The molecule has 1 aromatic carbocycles. The van der Waals surface area contributed by atoms with Gasteiger partial charge in [-0.3, -0.25) is 4.21 Å². The molecule has 0 spiro atoms. The Labute approximate surface area is 120 Å². The zero-order valence-electron chi connectivity index (χ0n) is 11.3. The topological polar surface area (TPSA) is 56.0 Å². The fraction of sp³-hybridized carbons (Fsp3) is 0.357. The summed E-state index contributed by atoms with van der Waals surface area (Å²) in [6.07, 6.45) is 0. The first-order valence-corrected chi connectivity index (χ1v) is 8.25. The first-order valence-electron chi connectivity index (χ1n) is 6.05. The molecule has 102 valence electrons. The van der Waals surface area contributed by atoms with Crippen molar-refractivity contribution >= 4 is 27.8 Å². The van der Waals surface area contributed by atoms with Gasteiger partial charge < -0.3 is 5.73 Å². The second-order valence-electron chi connectivity index (χ2n) is 5.40. The van der Waals surface area contributed by atoms with Crippen LogP contribution in [-0.2, 0) is 22.0 Å². The quantitative estimate of drug-likeness (QED) is 0.883. The van der Waals surface area contributed by atoms with Gasteiger partial charge in [-0.05, 0) is 12.1 Å². The summed E-state index contributed by atoms with van der Waals surface area (Å²) in [5.74, 6) is 0.426. The van der Waals surface area contributed by atoms with Crippen molar-refractivity contribution in [3.8, 4) is 0 Å². The van der Waals surface area contributed by atoms with Gasteiger partial charge in [0, 0.05) is 16.5 Å². The van der Waals surface area contributed by atoms with Gasteiger partial charge in [-0.1, -0.05) is 32.9 Å². The number of benzene rings is 1. The Kier molecular flexibility index (Phi) is 4.06. The highest BCUT2D eigenvalue weighted by atomic mass is 32.2. The predicted molar refractivity (Wildman–Crippen MR) is 81.8 cm³/mol. The number of nitrogens with two attached hydrogens (primary N) is 1. The van der Waals surface area contributed by atoms with Gasteiger partial charge in [0.2, 0.25) is 0 Å². The van der Waals surface area contributed by atoms with Gasteiger partial charge in [0.25, 0.3) is 0 Å². The van der Waals surface area contributed by atoms with E-state index < -0.39 is 10.8 Å². The number of rotatable bonds is 3. The summed E-state index contributed by atoms with van der Waals surface area (Å²) in [5, 5.41) is 2.94. The maximum absolute atomic E-state index is 12.3. The Morgan fingerprint density at radius 2 is 2.00 bits per heavy atom. The van der Waals surface area contributed by atoms with Crippen molar-refractivity contribution in [2.24, 2.45) is 0 Å². The van der Waals surface area contributed by atoms with Crippen molar-refractivity contribution in [3.63, 3.8) is 0 Å². The van der Waals surface area contributed by atoms with Crippen LogP contribution < -0.4 is 5.73 Å². The molecule has 0 aliphatic carbocycles. The minimum atomic E-state index is -1.14. The van der Waals surface area contributed by atoms with E-state index in [-0.39, 0.29) is 5.41 Å². The number of nitrogen functional groups attached to an aromatic ring is 1. The SMILES string of the molecule is CC(C)(C)c1csc(CS(=O)c2ccccc2N)n1. The predicted octanol–water partition coefficient (Wildman–Crippen LogP) is 3.33. The second kappa shape index (κ2) is 5.43. The smallest absolute Gasteiger partial charge is 0.106 e. The monoisotopic (exact) mass is 294 g/mol. The Morgan fingerprint density at radius 1 is 1.32 bits per heavy atom. The highest BCUT2D eigenvalue weighted by molar-refractivity contribution is 7.84. The number of para-hydroxylation sites is 1. The summed E-state index contributed by atoms with van der Waals surface area (Å²) >= 11 is 1.56. The van der Waals surface area contributed by atoms with Crippen LogP contribution >= 0.6 is 11.3 Å². The lowest BCUT2D eigenvalue weighted by Crippen LogP contribution is -2.11. The van der Waals surface area contributed by atoms with E-state index in [4.69, 9.17) is 5.73 Å². The Hall–Kier alpha value is -1.20. The molecule has 1 unspecified atom stereocenters. The van der Waals surface area contributed by atoms with E-state index in [0.29, 0.717) is 16.3 Å². The van der Waals surface area contributed by atoms with Crippen LogP contribution in [0.2, 0.25) is 0 Å². The third kappa shape index (κ3) is 3.42. The zero-order chi connectivity index (χ0) is 14.0. The molecule has 0 saturated heterocycles. The van der Waals surface area contributed by atoms with Crippen LogP contribution in [0.1, 0.15) is 31.5 Å². The molecule has 1 aromatic heterocycles. The van der Waals surface area contributed by atoms with E-state index in [1.165, 1.54) is 0 Å². The second-order valence-corrected chi connectivity index (χ2v) is 7.77. The summed E-state index contributed by atoms with van der Waals surface area (Å²) in [6, 6.07) is 7.28. The minimum Gasteiger partial charge on any atom is -0.398 e. The van der Waals surface area contributed by atoms with E-state index in [1.54, 1.807) is 17.4 Å². The van der Waals surface area contributed by atoms with Crippen LogP contribution in [0.25, 0.3) is 0 Å². The van der Waals surface area contributed by atoms with Gasteiger partial charge in [-0.25, -0.2) is 4.98 Å². The Balaban J connectivity index is 2.16. The van der Waals surface area contributed by atoms with Crippen molar-refractivity contribution < 1.29 is 4.21 Å². The lowest BCUT2D eigenvalue weighted by atomic mass is 9.93. The third-order valence-electron chi connectivity index (χ3n) is 2.74. The molecule has 0 bridgehead atoms. The molecule has 2 N–H and O–H groups in total. The molecular weight excluding hydrogens is 276 g/mol. The van der Waals surface area contributed by atoms with Crippen LogP contribution in [0.15, 0.2) is 34.5 Å². The summed E-state index contributed by atoms with van der Waals surface area (Å²) in [6.45, 7) is 6.37. The molecule has 0 amide bonds. The fourth-order valence-electron chi connectivity index (χ4n) is 1.60. The van der Waals surface area contributed by atoms with Crippen molar-refractivity contribution in [2.75, 3.05) is 5.73 Å². The number of hydrogen-bond acceptors (Lipinski definition) is 4. The molecule has 5 heteroatoms. The first-order chi connectivity index (χ1) is 8.88. The molecule has 0 saturated carbocycles. The van der Waals surface area contributed by atoms with Gasteiger partial charge in [0.1, 0.15) is 5.01 Å². The Morgan fingerprint density at radius 3 is 2.58 bits per heavy atom. The lowest BCUT2D eigenvalue weighted by Gasteiger charge is -2.14. The van der Waals surface area contributed by atoms with E-state index in [1.807, 2.05) is 23.6 Å². The Bertz CT molecular complexity index is 599. The van der Waals surface area contributed by atoms with Crippen LogP contribution in [-0.4, -0.2) is 9.19 Å². The van der Waals surface area contributed by atoms with Gasteiger partial charge in [0.15, 0.2) is 0 Å². The van der Waals surface area contributed by atoms with Crippen LogP contribution in [0.5, 0.6) is 0 Å². The first kappa shape index (κ1) is 14.2. The van der Waals surface area contributed by atoms with Crippen molar-refractivity contribution in [2.45, 2.75) is 36.8 Å². The number of anilines is 1. The molecule has 0 aliphatic rings. The summed E-state index contributed by atoms with van der Waals surface area (Å²) in [4.78, 5) is 5.25. The molecule has 0 fully saturated rings. The summed E-state index contributed by atoms with van der Waals surface area (Å²) in [5.41, 5.74) is 7.49. The molecule has 3 nitrogen and oxygen atoms in total. The molecule has 0 aliphatic heterocycles. The number of aromatic nitrogens is 1. The third-order valence-corrected chi connectivity index (χ3v) is 5.17. The van der Waals surface area contributed by atoms with E-state index in [9.17, 15) is 4.21 Å². The maximum atomic E-state index is 12.3. The van der Waals surface area contributed by atoms with Crippen molar-refractivity contribution in [1.29, 1.82) is 0 Å². The van der Waals surface area contributed by atoms with E-state index >= 15 is 0 Å². The zero-order valence-corrected chi connectivity index (χ0v) is 13.0. The minimum absolute atomic E-state index is 0.0298. The molecule has 2 rings (SSSR count). The number of thiazole rings is 1.